The molecule has 2 aromatic carbocycles. The van der Waals surface area contributed by atoms with Gasteiger partial charge in [-0.25, -0.2) is 0 Å². The molecule has 5 heteroatoms. The van der Waals surface area contributed by atoms with E-state index in [1.54, 1.807) is 36.4 Å². The molecule has 0 heterocycles. The standard InChI is InChI=1S/C17H15NO4/c19-16(18-14-7-2-1-3-8-14)12-22-15-9-5-4-6-13(15)10-11-17(20)21/h1-11H,12H2,(H,18,19)(H,20,21)/p-1/b11-10+. The Bertz CT molecular complexity index is 680. The van der Waals surface area contributed by atoms with Crippen LogP contribution in [0, 0.1) is 0 Å². The van der Waals surface area contributed by atoms with E-state index in [0.717, 1.165) is 6.08 Å². The van der Waals surface area contributed by atoms with Crippen molar-refractivity contribution >= 4 is 23.6 Å². The first-order valence-corrected chi connectivity index (χ1v) is 6.61. The minimum absolute atomic E-state index is 0.176. The quantitative estimate of drug-likeness (QED) is 0.819. The van der Waals surface area contributed by atoms with Gasteiger partial charge in [-0.15, -0.1) is 0 Å². The van der Waals surface area contributed by atoms with E-state index in [1.807, 2.05) is 18.2 Å². The number of para-hydroxylation sites is 2. The van der Waals surface area contributed by atoms with Gasteiger partial charge in [0.25, 0.3) is 5.91 Å². The molecular weight excluding hydrogens is 282 g/mol. The Morgan fingerprint density at radius 3 is 2.45 bits per heavy atom. The van der Waals surface area contributed by atoms with Crippen molar-refractivity contribution in [3.63, 3.8) is 0 Å². The molecule has 22 heavy (non-hydrogen) atoms. The van der Waals surface area contributed by atoms with Crippen LogP contribution in [-0.4, -0.2) is 18.5 Å². The third-order valence-electron chi connectivity index (χ3n) is 2.73. The van der Waals surface area contributed by atoms with Crippen LogP contribution in [0.15, 0.2) is 60.7 Å². The average Bonchev–Trinajstić information content (AvgIpc) is 2.52. The fourth-order valence-corrected chi connectivity index (χ4v) is 1.77. The second-order valence-electron chi connectivity index (χ2n) is 4.39. The first kappa shape index (κ1) is 15.3. The van der Waals surface area contributed by atoms with Gasteiger partial charge in [-0.3, -0.25) is 4.79 Å². The van der Waals surface area contributed by atoms with Crippen LogP contribution >= 0.6 is 0 Å². The number of anilines is 1. The summed E-state index contributed by atoms with van der Waals surface area (Å²) in [5.41, 5.74) is 1.24. The molecular formula is C17H14NO4-. The summed E-state index contributed by atoms with van der Waals surface area (Å²) < 4.78 is 5.43. The zero-order valence-corrected chi connectivity index (χ0v) is 11.7. The van der Waals surface area contributed by atoms with Crippen molar-refractivity contribution in [3.05, 3.63) is 66.2 Å². The molecule has 5 nitrogen and oxygen atoms in total. The SMILES string of the molecule is O=C([O-])/C=C/c1ccccc1OCC(=O)Nc1ccccc1. The lowest BCUT2D eigenvalue weighted by Crippen LogP contribution is -2.20. The molecule has 0 aromatic heterocycles. The lowest BCUT2D eigenvalue weighted by atomic mass is 10.2. The molecule has 0 aliphatic rings. The highest BCUT2D eigenvalue weighted by atomic mass is 16.5. The molecule has 0 bridgehead atoms. The summed E-state index contributed by atoms with van der Waals surface area (Å²) in [4.78, 5) is 22.3. The van der Waals surface area contributed by atoms with E-state index in [1.165, 1.54) is 6.08 Å². The first-order valence-electron chi connectivity index (χ1n) is 6.61. The van der Waals surface area contributed by atoms with E-state index in [0.29, 0.717) is 17.0 Å². The van der Waals surface area contributed by atoms with Crippen molar-refractivity contribution in [3.8, 4) is 5.75 Å². The van der Waals surface area contributed by atoms with Gasteiger partial charge in [-0.1, -0.05) is 36.4 Å². The van der Waals surface area contributed by atoms with Gasteiger partial charge in [0.1, 0.15) is 5.75 Å². The van der Waals surface area contributed by atoms with E-state index in [9.17, 15) is 14.7 Å². The highest BCUT2D eigenvalue weighted by molar-refractivity contribution is 5.92. The number of amides is 1. The normalized spacial score (nSPS) is 10.4. The Hall–Kier alpha value is -3.08. The molecule has 0 aliphatic heterocycles. The van der Waals surface area contributed by atoms with Crippen LogP contribution in [0.2, 0.25) is 0 Å². The molecule has 112 valence electrons. The maximum absolute atomic E-state index is 11.8. The molecule has 0 saturated heterocycles. The Kier molecular flexibility index (Phi) is 5.31. The summed E-state index contributed by atoms with van der Waals surface area (Å²) in [5, 5.41) is 13.1. The second kappa shape index (κ2) is 7.64. The van der Waals surface area contributed by atoms with Gasteiger partial charge in [-0.05, 0) is 30.4 Å². The van der Waals surface area contributed by atoms with Gasteiger partial charge in [0.2, 0.25) is 0 Å². The average molecular weight is 296 g/mol. The van der Waals surface area contributed by atoms with Gasteiger partial charge in [0.15, 0.2) is 6.61 Å². The molecule has 0 spiro atoms. The number of ether oxygens (including phenoxy) is 1. The number of rotatable bonds is 6. The van der Waals surface area contributed by atoms with Crippen LogP contribution < -0.4 is 15.2 Å². The predicted octanol–water partition coefficient (Wildman–Crippen LogP) is 1.47. The molecule has 1 amide bonds. The Balaban J connectivity index is 1.96. The monoisotopic (exact) mass is 296 g/mol. The van der Waals surface area contributed by atoms with Crippen LogP contribution in [0.25, 0.3) is 6.08 Å². The minimum atomic E-state index is -1.29. The van der Waals surface area contributed by atoms with Crippen molar-refractivity contribution in [2.75, 3.05) is 11.9 Å². The molecule has 2 rings (SSSR count). The topological polar surface area (TPSA) is 78.5 Å². The largest absolute Gasteiger partial charge is 0.545 e. The maximum atomic E-state index is 11.8. The van der Waals surface area contributed by atoms with Crippen molar-refractivity contribution in [2.24, 2.45) is 0 Å². The lowest BCUT2D eigenvalue weighted by molar-refractivity contribution is -0.297. The number of carbonyl (C=O) groups is 2. The molecule has 0 saturated carbocycles. The number of carbonyl (C=O) groups excluding carboxylic acids is 2. The summed E-state index contributed by atoms with van der Waals surface area (Å²) in [5.74, 6) is -1.18. The number of hydrogen-bond donors (Lipinski definition) is 1. The van der Waals surface area contributed by atoms with Gasteiger partial charge >= 0.3 is 0 Å². The number of nitrogens with one attached hydrogen (secondary N) is 1. The fourth-order valence-electron chi connectivity index (χ4n) is 1.77. The number of benzene rings is 2. The third-order valence-corrected chi connectivity index (χ3v) is 2.73. The summed E-state index contributed by atoms with van der Waals surface area (Å²) in [6, 6.07) is 15.9. The molecule has 0 unspecified atom stereocenters. The van der Waals surface area contributed by atoms with Crippen LogP contribution in [0.5, 0.6) is 5.75 Å². The predicted molar refractivity (Wildman–Crippen MR) is 81.0 cm³/mol. The summed E-state index contributed by atoms with van der Waals surface area (Å²) in [6.45, 7) is -0.176. The van der Waals surface area contributed by atoms with E-state index in [-0.39, 0.29) is 12.5 Å². The number of carboxylic acids is 1. The van der Waals surface area contributed by atoms with E-state index < -0.39 is 5.97 Å². The minimum Gasteiger partial charge on any atom is -0.545 e. The third kappa shape index (κ3) is 4.79. The van der Waals surface area contributed by atoms with Crippen LogP contribution in [0.4, 0.5) is 5.69 Å². The summed E-state index contributed by atoms with van der Waals surface area (Å²) in [7, 11) is 0. The van der Waals surface area contributed by atoms with Crippen LogP contribution in [0.3, 0.4) is 0 Å². The number of aliphatic carboxylic acids is 1. The smallest absolute Gasteiger partial charge is 0.262 e. The molecule has 0 fully saturated rings. The highest BCUT2D eigenvalue weighted by Gasteiger charge is 2.05. The lowest BCUT2D eigenvalue weighted by Gasteiger charge is -2.09. The Morgan fingerprint density at radius 2 is 1.73 bits per heavy atom. The summed E-state index contributed by atoms with van der Waals surface area (Å²) in [6.07, 6.45) is 2.27. The van der Waals surface area contributed by atoms with Crippen molar-refractivity contribution < 1.29 is 19.4 Å². The van der Waals surface area contributed by atoms with E-state index in [4.69, 9.17) is 4.74 Å². The van der Waals surface area contributed by atoms with Gasteiger partial charge in [0.05, 0.1) is 5.97 Å². The van der Waals surface area contributed by atoms with Crippen molar-refractivity contribution in [2.45, 2.75) is 0 Å². The zero-order valence-electron chi connectivity index (χ0n) is 11.7. The number of hydrogen-bond acceptors (Lipinski definition) is 4. The fraction of sp³-hybridized carbons (Fsp3) is 0.0588. The zero-order chi connectivity index (χ0) is 15.8. The van der Waals surface area contributed by atoms with E-state index >= 15 is 0 Å². The van der Waals surface area contributed by atoms with Gasteiger partial charge < -0.3 is 20.0 Å². The van der Waals surface area contributed by atoms with Crippen LogP contribution in [0.1, 0.15) is 5.56 Å². The molecule has 2 aromatic rings. The first-order chi connectivity index (χ1) is 10.6. The second-order valence-corrected chi connectivity index (χ2v) is 4.39. The summed E-state index contributed by atoms with van der Waals surface area (Å²) >= 11 is 0. The van der Waals surface area contributed by atoms with Crippen molar-refractivity contribution in [1.82, 2.24) is 0 Å². The van der Waals surface area contributed by atoms with E-state index in [2.05, 4.69) is 5.32 Å². The highest BCUT2D eigenvalue weighted by Crippen LogP contribution is 2.19. The van der Waals surface area contributed by atoms with Crippen molar-refractivity contribution in [1.29, 1.82) is 0 Å². The molecule has 0 atom stereocenters. The molecule has 0 radical (unpaired) electrons. The van der Waals surface area contributed by atoms with Crippen LogP contribution in [-0.2, 0) is 9.59 Å². The van der Waals surface area contributed by atoms with Gasteiger partial charge in [0, 0.05) is 11.3 Å². The Morgan fingerprint density at radius 1 is 1.05 bits per heavy atom. The van der Waals surface area contributed by atoms with Gasteiger partial charge in [-0.2, -0.15) is 0 Å². The maximum Gasteiger partial charge on any atom is 0.262 e. The molecule has 0 aliphatic carbocycles. The number of carboxylic acid groups (broad SMARTS) is 1. The Labute approximate surface area is 127 Å². The molecule has 1 N–H and O–H groups in total.